The van der Waals surface area contributed by atoms with E-state index in [1.807, 2.05) is 6.07 Å². The summed E-state index contributed by atoms with van der Waals surface area (Å²) in [5, 5.41) is 3.31. The molecule has 1 saturated heterocycles. The summed E-state index contributed by atoms with van der Waals surface area (Å²) in [4.78, 5) is 8.35. The predicted molar refractivity (Wildman–Crippen MR) is 63.8 cm³/mol. The summed E-state index contributed by atoms with van der Waals surface area (Å²) in [6.45, 7) is 4.01. The van der Waals surface area contributed by atoms with Crippen LogP contribution in [0.5, 0.6) is 0 Å². The second-order valence-electron chi connectivity index (χ2n) is 3.27. The van der Waals surface area contributed by atoms with Crippen LogP contribution in [0.1, 0.15) is 0 Å². The number of nitrogens with zero attached hydrogens (tertiary/aromatic N) is 2. The van der Waals surface area contributed by atoms with E-state index in [2.05, 4.69) is 40.5 Å². The lowest BCUT2D eigenvalue weighted by molar-refractivity contribution is 0.582. The Morgan fingerprint density at radius 1 is 1.29 bits per heavy atom. The molecule has 76 valence electrons. The largest absolute Gasteiger partial charge is 0.353 e. The van der Waals surface area contributed by atoms with E-state index in [4.69, 9.17) is 0 Å². The van der Waals surface area contributed by atoms with Gasteiger partial charge in [0, 0.05) is 42.2 Å². The lowest BCUT2D eigenvalue weighted by Crippen LogP contribution is -2.44. The van der Waals surface area contributed by atoms with Gasteiger partial charge in [-0.25, -0.2) is 4.98 Å². The molecule has 0 unspecified atom stereocenters. The van der Waals surface area contributed by atoms with Gasteiger partial charge in [0.2, 0.25) is 0 Å². The number of pyridine rings is 1. The van der Waals surface area contributed by atoms with Crippen LogP contribution in [0, 0.1) is 0 Å². The molecule has 0 saturated carbocycles. The van der Waals surface area contributed by atoms with Crippen LogP contribution in [0.15, 0.2) is 22.1 Å². The lowest BCUT2D eigenvalue weighted by atomic mass is 10.3. The van der Waals surface area contributed by atoms with Gasteiger partial charge in [0.1, 0.15) is 5.82 Å². The number of aromatic nitrogens is 1. The number of anilines is 1. The average molecular weight is 227 g/mol. The molecule has 0 atom stereocenters. The van der Waals surface area contributed by atoms with Gasteiger partial charge in [0.25, 0.3) is 0 Å². The zero-order chi connectivity index (χ0) is 9.97. The summed E-state index contributed by atoms with van der Waals surface area (Å²) in [6.07, 6.45) is 1.76. The molecule has 1 aromatic rings. The van der Waals surface area contributed by atoms with Gasteiger partial charge in [-0.1, -0.05) is 0 Å². The predicted octanol–water partition coefficient (Wildman–Crippen LogP) is 1.07. The van der Waals surface area contributed by atoms with Crippen molar-refractivity contribution >= 4 is 31.1 Å². The van der Waals surface area contributed by atoms with Gasteiger partial charge in [-0.2, -0.15) is 0 Å². The van der Waals surface area contributed by atoms with Gasteiger partial charge >= 0.3 is 0 Å². The molecule has 5 heteroatoms. The van der Waals surface area contributed by atoms with Crippen molar-refractivity contribution in [1.29, 1.82) is 0 Å². The monoisotopic (exact) mass is 227 g/mol. The van der Waals surface area contributed by atoms with E-state index in [0.29, 0.717) is 0 Å². The van der Waals surface area contributed by atoms with Crippen molar-refractivity contribution in [3.05, 3.63) is 12.3 Å². The molecular formula is C9H13N3S2. The summed E-state index contributed by atoms with van der Waals surface area (Å²) in [5.41, 5.74) is 0. The minimum absolute atomic E-state index is 0.855. The Morgan fingerprint density at radius 2 is 2.00 bits per heavy atom. The topological polar surface area (TPSA) is 28.2 Å². The summed E-state index contributed by atoms with van der Waals surface area (Å²) in [7, 11) is 0. The SMILES string of the molecule is Sc1cnc(N2CCNCC2)c(S)c1. The van der Waals surface area contributed by atoms with E-state index < -0.39 is 0 Å². The molecular weight excluding hydrogens is 214 g/mol. The first kappa shape index (κ1) is 10.1. The standard InChI is InChI=1S/C9H13N3S2/c13-7-5-8(14)9(11-6-7)12-3-1-10-2-4-12/h5-6,10,13-14H,1-4H2. The van der Waals surface area contributed by atoms with Crippen LogP contribution < -0.4 is 10.2 Å². The van der Waals surface area contributed by atoms with Crippen molar-refractivity contribution in [2.45, 2.75) is 9.79 Å². The fourth-order valence-electron chi connectivity index (χ4n) is 1.56. The fourth-order valence-corrected chi connectivity index (χ4v) is 2.18. The molecule has 0 radical (unpaired) electrons. The van der Waals surface area contributed by atoms with E-state index >= 15 is 0 Å². The third-order valence-corrected chi connectivity index (χ3v) is 2.82. The number of nitrogens with one attached hydrogen (secondary N) is 1. The molecule has 1 fully saturated rings. The number of rotatable bonds is 1. The van der Waals surface area contributed by atoms with Crippen molar-refractivity contribution in [3.63, 3.8) is 0 Å². The highest BCUT2D eigenvalue weighted by Crippen LogP contribution is 2.23. The second-order valence-corrected chi connectivity index (χ2v) is 4.27. The number of hydrogen-bond acceptors (Lipinski definition) is 5. The van der Waals surface area contributed by atoms with E-state index in [9.17, 15) is 0 Å². The Balaban J connectivity index is 2.22. The van der Waals surface area contributed by atoms with Crippen LogP contribution in [0.25, 0.3) is 0 Å². The molecule has 14 heavy (non-hydrogen) atoms. The van der Waals surface area contributed by atoms with Crippen molar-refractivity contribution in [2.75, 3.05) is 31.1 Å². The summed E-state index contributed by atoms with van der Waals surface area (Å²) in [6, 6.07) is 1.93. The lowest BCUT2D eigenvalue weighted by Gasteiger charge is -2.29. The van der Waals surface area contributed by atoms with Gasteiger partial charge in [-0.3, -0.25) is 0 Å². The van der Waals surface area contributed by atoms with Gasteiger partial charge in [-0.05, 0) is 6.07 Å². The van der Waals surface area contributed by atoms with Crippen molar-refractivity contribution in [2.24, 2.45) is 0 Å². The average Bonchev–Trinajstić information content (AvgIpc) is 2.19. The Morgan fingerprint density at radius 3 is 2.64 bits per heavy atom. The zero-order valence-corrected chi connectivity index (χ0v) is 9.56. The smallest absolute Gasteiger partial charge is 0.142 e. The molecule has 0 aliphatic carbocycles. The molecule has 1 aliphatic heterocycles. The molecule has 1 N–H and O–H groups in total. The Hall–Kier alpha value is -0.390. The maximum Gasteiger partial charge on any atom is 0.142 e. The molecule has 0 amide bonds. The first-order valence-electron chi connectivity index (χ1n) is 4.61. The zero-order valence-electron chi connectivity index (χ0n) is 7.77. The minimum Gasteiger partial charge on any atom is -0.353 e. The van der Waals surface area contributed by atoms with Crippen molar-refractivity contribution < 1.29 is 0 Å². The number of piperazine rings is 1. The Bertz CT molecular complexity index is 324. The molecule has 0 spiro atoms. The Kier molecular flexibility index (Phi) is 3.20. The van der Waals surface area contributed by atoms with Crippen molar-refractivity contribution in [1.82, 2.24) is 10.3 Å². The first-order valence-corrected chi connectivity index (χ1v) is 5.50. The Labute approximate surface area is 94.7 Å². The maximum absolute atomic E-state index is 4.40. The van der Waals surface area contributed by atoms with Crippen LogP contribution >= 0.6 is 25.3 Å². The molecule has 2 heterocycles. The van der Waals surface area contributed by atoms with Gasteiger partial charge < -0.3 is 10.2 Å². The summed E-state index contributed by atoms with van der Waals surface area (Å²) < 4.78 is 0. The number of hydrogen-bond donors (Lipinski definition) is 3. The minimum atomic E-state index is 0.855. The normalized spacial score (nSPS) is 17.1. The van der Waals surface area contributed by atoms with E-state index in [0.717, 1.165) is 41.8 Å². The van der Waals surface area contributed by atoms with Gasteiger partial charge in [0.05, 0.1) is 0 Å². The molecule has 1 aliphatic rings. The highest BCUT2D eigenvalue weighted by molar-refractivity contribution is 7.81. The van der Waals surface area contributed by atoms with E-state index in [1.165, 1.54) is 0 Å². The third kappa shape index (κ3) is 2.16. The second kappa shape index (κ2) is 4.42. The third-order valence-electron chi connectivity index (χ3n) is 2.25. The maximum atomic E-state index is 4.40. The van der Waals surface area contributed by atoms with E-state index in [-0.39, 0.29) is 0 Å². The fraction of sp³-hybridized carbons (Fsp3) is 0.444. The van der Waals surface area contributed by atoms with Crippen LogP contribution in [-0.4, -0.2) is 31.2 Å². The van der Waals surface area contributed by atoms with Crippen LogP contribution in [0.2, 0.25) is 0 Å². The van der Waals surface area contributed by atoms with Crippen molar-refractivity contribution in [3.8, 4) is 0 Å². The molecule has 3 nitrogen and oxygen atoms in total. The van der Waals surface area contributed by atoms with Gasteiger partial charge in [0.15, 0.2) is 0 Å². The highest BCUT2D eigenvalue weighted by atomic mass is 32.1. The summed E-state index contributed by atoms with van der Waals surface area (Å²) in [5.74, 6) is 0.965. The van der Waals surface area contributed by atoms with Crippen LogP contribution in [-0.2, 0) is 0 Å². The van der Waals surface area contributed by atoms with Crippen LogP contribution in [0.4, 0.5) is 5.82 Å². The molecule has 0 aromatic carbocycles. The van der Waals surface area contributed by atoms with Crippen LogP contribution in [0.3, 0.4) is 0 Å². The summed E-state index contributed by atoms with van der Waals surface area (Å²) >= 11 is 8.63. The molecule has 2 rings (SSSR count). The number of thiol groups is 2. The van der Waals surface area contributed by atoms with E-state index in [1.54, 1.807) is 6.20 Å². The highest BCUT2D eigenvalue weighted by Gasteiger charge is 2.13. The van der Waals surface area contributed by atoms with Gasteiger partial charge in [-0.15, -0.1) is 25.3 Å². The molecule has 1 aromatic heterocycles. The first-order chi connectivity index (χ1) is 6.77. The molecule has 0 bridgehead atoms. The quantitative estimate of drug-likeness (QED) is 0.627.